The number of nitrogens with zero attached hydrogens (tertiary/aromatic N) is 1. The van der Waals surface area contributed by atoms with Gasteiger partial charge in [-0.1, -0.05) is 24.3 Å². The summed E-state index contributed by atoms with van der Waals surface area (Å²) in [6.07, 6.45) is 1.58. The number of carbonyl (C=O) groups is 1. The summed E-state index contributed by atoms with van der Waals surface area (Å²) in [6, 6.07) is 17.7. The zero-order chi connectivity index (χ0) is 23.2. The molecule has 4 rings (SSSR count). The molecule has 7 nitrogen and oxygen atoms in total. The highest BCUT2D eigenvalue weighted by atomic mass is 16.6. The molecule has 0 fully saturated rings. The number of phenols is 1. The number of esters is 1. The van der Waals surface area contributed by atoms with Crippen LogP contribution in [-0.4, -0.2) is 35.9 Å². The number of aromatic hydroxyl groups is 1. The Kier molecular flexibility index (Phi) is 6.90. The zero-order valence-corrected chi connectivity index (χ0v) is 18.6. The van der Waals surface area contributed by atoms with Crippen molar-refractivity contribution in [1.82, 2.24) is 4.98 Å². The van der Waals surface area contributed by atoms with E-state index in [0.717, 1.165) is 11.1 Å². The van der Waals surface area contributed by atoms with Gasteiger partial charge in [0.15, 0.2) is 0 Å². The van der Waals surface area contributed by atoms with E-state index in [4.69, 9.17) is 13.9 Å². The van der Waals surface area contributed by atoms with Crippen LogP contribution >= 0.6 is 0 Å². The number of ether oxygens (including phenoxy) is 2. The quantitative estimate of drug-likeness (QED) is 0.268. The summed E-state index contributed by atoms with van der Waals surface area (Å²) in [7, 11) is 0. The molecule has 0 saturated heterocycles. The predicted molar refractivity (Wildman–Crippen MR) is 126 cm³/mol. The van der Waals surface area contributed by atoms with Gasteiger partial charge in [-0.25, -0.2) is 9.78 Å². The van der Waals surface area contributed by atoms with E-state index in [2.05, 4.69) is 10.3 Å². The number of carbonyl (C=O) groups excluding carboxylic acids is 1. The SMILES string of the molecule is CCOCCOC(=O)c1cccc(NC(c2ccco2)c2ccc3ccc(C)nc3c2O)c1. The normalized spacial score (nSPS) is 11.9. The van der Waals surface area contributed by atoms with Crippen LogP contribution in [0.1, 0.15) is 40.3 Å². The van der Waals surface area contributed by atoms with E-state index in [9.17, 15) is 9.90 Å². The van der Waals surface area contributed by atoms with Crippen LogP contribution in [0.15, 0.2) is 71.3 Å². The van der Waals surface area contributed by atoms with E-state index in [-0.39, 0.29) is 12.4 Å². The first kappa shape index (κ1) is 22.4. The lowest BCUT2D eigenvalue weighted by molar-refractivity contribution is 0.0335. The van der Waals surface area contributed by atoms with Crippen LogP contribution in [0, 0.1) is 6.92 Å². The van der Waals surface area contributed by atoms with Gasteiger partial charge in [0.2, 0.25) is 0 Å². The number of aromatic nitrogens is 1. The molecule has 4 aromatic rings. The van der Waals surface area contributed by atoms with Crippen molar-refractivity contribution in [2.45, 2.75) is 19.9 Å². The first-order valence-corrected chi connectivity index (χ1v) is 10.8. The molecule has 7 heteroatoms. The Morgan fingerprint density at radius 2 is 1.97 bits per heavy atom. The average Bonchev–Trinajstić information content (AvgIpc) is 3.36. The maximum absolute atomic E-state index is 12.4. The Hall–Kier alpha value is -3.84. The second-order valence-corrected chi connectivity index (χ2v) is 7.53. The van der Waals surface area contributed by atoms with E-state index < -0.39 is 12.0 Å². The van der Waals surface area contributed by atoms with Crippen LogP contribution in [-0.2, 0) is 9.47 Å². The number of furan rings is 1. The Morgan fingerprint density at radius 1 is 1.12 bits per heavy atom. The van der Waals surface area contributed by atoms with E-state index in [0.29, 0.717) is 41.3 Å². The molecule has 2 aromatic heterocycles. The Morgan fingerprint density at radius 3 is 2.76 bits per heavy atom. The minimum Gasteiger partial charge on any atom is -0.505 e. The van der Waals surface area contributed by atoms with Gasteiger partial charge in [-0.2, -0.15) is 0 Å². The molecule has 0 saturated carbocycles. The van der Waals surface area contributed by atoms with Gasteiger partial charge in [-0.3, -0.25) is 0 Å². The lowest BCUT2D eigenvalue weighted by atomic mass is 10.00. The highest BCUT2D eigenvalue weighted by molar-refractivity contribution is 5.90. The van der Waals surface area contributed by atoms with Crippen LogP contribution in [0.25, 0.3) is 10.9 Å². The van der Waals surface area contributed by atoms with Crippen LogP contribution in [0.2, 0.25) is 0 Å². The molecule has 2 N–H and O–H groups in total. The van der Waals surface area contributed by atoms with Crippen LogP contribution < -0.4 is 5.32 Å². The maximum atomic E-state index is 12.4. The lowest BCUT2D eigenvalue weighted by Gasteiger charge is -2.20. The fourth-order valence-corrected chi connectivity index (χ4v) is 3.60. The molecule has 170 valence electrons. The molecule has 2 aromatic carbocycles. The fourth-order valence-electron chi connectivity index (χ4n) is 3.60. The standard InChI is InChI=1S/C26H26N2O5/c1-3-31-14-15-33-26(30)19-6-4-7-20(16-19)28-24(22-8-5-13-32-22)21-12-11-18-10-9-17(2)27-23(18)25(21)29/h4-13,16,24,28-29H,3,14-15H2,1-2H3. The molecule has 1 atom stereocenters. The highest BCUT2D eigenvalue weighted by Gasteiger charge is 2.23. The number of fused-ring (bicyclic) bond motifs is 1. The number of anilines is 1. The third-order valence-corrected chi connectivity index (χ3v) is 5.22. The van der Waals surface area contributed by atoms with Gasteiger partial charge in [-0.05, 0) is 50.2 Å². The lowest BCUT2D eigenvalue weighted by Crippen LogP contribution is -2.14. The zero-order valence-electron chi connectivity index (χ0n) is 18.6. The fraction of sp³-hybridized carbons (Fsp3) is 0.231. The second kappa shape index (κ2) is 10.2. The summed E-state index contributed by atoms with van der Waals surface area (Å²) in [4.78, 5) is 16.9. The van der Waals surface area contributed by atoms with E-state index in [1.54, 1.807) is 30.5 Å². The molecule has 2 heterocycles. The molecule has 0 spiro atoms. The number of hydrogen-bond acceptors (Lipinski definition) is 7. The van der Waals surface area contributed by atoms with Gasteiger partial charge in [0.25, 0.3) is 0 Å². The van der Waals surface area contributed by atoms with Crippen molar-refractivity contribution in [1.29, 1.82) is 0 Å². The number of hydrogen-bond donors (Lipinski definition) is 2. The molecule has 0 radical (unpaired) electrons. The van der Waals surface area contributed by atoms with Gasteiger partial charge >= 0.3 is 5.97 Å². The first-order valence-electron chi connectivity index (χ1n) is 10.8. The number of aryl methyl sites for hydroxylation is 1. The smallest absolute Gasteiger partial charge is 0.338 e. The van der Waals surface area contributed by atoms with Crippen molar-refractivity contribution in [3.8, 4) is 5.75 Å². The van der Waals surface area contributed by atoms with Gasteiger partial charge in [-0.15, -0.1) is 0 Å². The van der Waals surface area contributed by atoms with E-state index >= 15 is 0 Å². The minimum atomic E-state index is -0.504. The maximum Gasteiger partial charge on any atom is 0.338 e. The highest BCUT2D eigenvalue weighted by Crippen LogP contribution is 2.37. The van der Waals surface area contributed by atoms with Crippen molar-refractivity contribution in [2.75, 3.05) is 25.1 Å². The van der Waals surface area contributed by atoms with E-state index in [1.165, 1.54) is 0 Å². The third kappa shape index (κ3) is 5.15. The monoisotopic (exact) mass is 446 g/mol. The number of phenolic OH excluding ortho intramolecular Hbond substituents is 1. The topological polar surface area (TPSA) is 93.8 Å². The number of nitrogens with one attached hydrogen (secondary N) is 1. The minimum absolute atomic E-state index is 0.0802. The van der Waals surface area contributed by atoms with Gasteiger partial charge in [0.1, 0.15) is 29.7 Å². The number of pyridine rings is 1. The predicted octanol–water partition coefficient (Wildman–Crippen LogP) is 5.24. The summed E-state index contributed by atoms with van der Waals surface area (Å²) in [6.45, 7) is 4.89. The molecule has 0 bridgehead atoms. The van der Waals surface area contributed by atoms with Gasteiger partial charge in [0.05, 0.1) is 18.4 Å². The molecule has 0 aliphatic rings. The summed E-state index contributed by atoms with van der Waals surface area (Å²) in [5.41, 5.74) is 3.04. The third-order valence-electron chi connectivity index (χ3n) is 5.22. The van der Waals surface area contributed by atoms with Crippen LogP contribution in [0.5, 0.6) is 5.75 Å². The summed E-state index contributed by atoms with van der Waals surface area (Å²) in [5.74, 6) is 0.264. The molecular formula is C26H26N2O5. The summed E-state index contributed by atoms with van der Waals surface area (Å²) in [5, 5.41) is 15.3. The molecule has 0 aliphatic heterocycles. The molecule has 0 amide bonds. The summed E-state index contributed by atoms with van der Waals surface area (Å²) < 4.78 is 16.1. The second-order valence-electron chi connectivity index (χ2n) is 7.53. The van der Waals surface area contributed by atoms with Crippen molar-refractivity contribution >= 4 is 22.6 Å². The van der Waals surface area contributed by atoms with Crippen molar-refractivity contribution in [2.24, 2.45) is 0 Å². The molecule has 0 aliphatic carbocycles. The van der Waals surface area contributed by atoms with Gasteiger partial charge < -0.3 is 24.3 Å². The Labute approximate surface area is 192 Å². The van der Waals surface area contributed by atoms with Crippen LogP contribution in [0.3, 0.4) is 0 Å². The largest absolute Gasteiger partial charge is 0.505 e. The Bertz CT molecular complexity index is 1240. The first-order chi connectivity index (χ1) is 16.1. The number of benzene rings is 2. The van der Waals surface area contributed by atoms with Crippen molar-refractivity contribution in [3.63, 3.8) is 0 Å². The molecule has 33 heavy (non-hydrogen) atoms. The Balaban J connectivity index is 1.63. The average molecular weight is 447 g/mol. The van der Waals surface area contributed by atoms with Crippen molar-refractivity contribution < 1.29 is 23.8 Å². The van der Waals surface area contributed by atoms with E-state index in [1.807, 2.05) is 50.2 Å². The van der Waals surface area contributed by atoms with Crippen LogP contribution in [0.4, 0.5) is 5.69 Å². The molecule has 1 unspecified atom stereocenters. The molecular weight excluding hydrogens is 420 g/mol. The van der Waals surface area contributed by atoms with Crippen molar-refractivity contribution in [3.05, 3.63) is 89.5 Å². The summed E-state index contributed by atoms with van der Waals surface area (Å²) >= 11 is 0. The van der Waals surface area contributed by atoms with Gasteiger partial charge in [0, 0.05) is 28.9 Å². The number of rotatable bonds is 9.